The van der Waals surface area contributed by atoms with Crippen LogP contribution in [-0.4, -0.2) is 36.7 Å². The third kappa shape index (κ3) is 10.3. The first-order chi connectivity index (χ1) is 6.83. The SMILES string of the molecule is C[Si](C)(C)CCCCSCC(N)C(=O)O. The number of nitrogens with two attached hydrogens (primary N) is 1. The maximum absolute atomic E-state index is 10.4. The average Bonchev–Trinajstić information content (AvgIpc) is 2.08. The monoisotopic (exact) mass is 249 g/mol. The molecule has 0 aromatic rings. The first kappa shape index (κ1) is 15.0. The Balaban J connectivity index is 3.29. The number of aliphatic carboxylic acids is 1. The van der Waals surface area contributed by atoms with E-state index in [-0.39, 0.29) is 0 Å². The lowest BCUT2D eigenvalue weighted by Crippen LogP contribution is -2.32. The summed E-state index contributed by atoms with van der Waals surface area (Å²) in [4.78, 5) is 10.4. The van der Waals surface area contributed by atoms with Gasteiger partial charge in [-0.05, 0) is 12.2 Å². The van der Waals surface area contributed by atoms with Crippen LogP contribution in [0, 0.1) is 0 Å². The molecule has 0 bridgehead atoms. The van der Waals surface area contributed by atoms with Gasteiger partial charge in [0.15, 0.2) is 0 Å². The number of carboxylic acid groups (broad SMARTS) is 1. The van der Waals surface area contributed by atoms with Gasteiger partial charge in [0, 0.05) is 13.8 Å². The van der Waals surface area contributed by atoms with Crippen LogP contribution in [-0.2, 0) is 4.79 Å². The highest BCUT2D eigenvalue weighted by Crippen LogP contribution is 2.15. The number of hydrogen-bond acceptors (Lipinski definition) is 3. The van der Waals surface area contributed by atoms with E-state index in [2.05, 4.69) is 19.6 Å². The molecule has 3 nitrogen and oxygen atoms in total. The van der Waals surface area contributed by atoms with Crippen molar-refractivity contribution in [2.75, 3.05) is 11.5 Å². The van der Waals surface area contributed by atoms with Crippen LogP contribution >= 0.6 is 11.8 Å². The molecular formula is C10H23NO2SSi. The molecule has 15 heavy (non-hydrogen) atoms. The van der Waals surface area contributed by atoms with Crippen LogP contribution in [0.4, 0.5) is 0 Å². The molecule has 0 amide bonds. The van der Waals surface area contributed by atoms with E-state index in [1.807, 2.05) is 0 Å². The number of thioether (sulfide) groups is 1. The van der Waals surface area contributed by atoms with Gasteiger partial charge in [-0.3, -0.25) is 4.79 Å². The summed E-state index contributed by atoms with van der Waals surface area (Å²) in [5.41, 5.74) is 5.39. The molecule has 0 spiro atoms. The smallest absolute Gasteiger partial charge is 0.321 e. The quantitative estimate of drug-likeness (QED) is 0.511. The zero-order valence-corrected chi connectivity index (χ0v) is 11.8. The van der Waals surface area contributed by atoms with E-state index in [4.69, 9.17) is 10.8 Å². The van der Waals surface area contributed by atoms with E-state index in [1.165, 1.54) is 18.9 Å². The second-order valence-electron chi connectivity index (χ2n) is 5.04. The van der Waals surface area contributed by atoms with Crippen molar-refractivity contribution in [3.8, 4) is 0 Å². The Hall–Kier alpha value is -0.00312. The van der Waals surface area contributed by atoms with Crippen molar-refractivity contribution >= 4 is 25.8 Å². The van der Waals surface area contributed by atoms with Crippen LogP contribution in [0.2, 0.25) is 25.7 Å². The van der Waals surface area contributed by atoms with Gasteiger partial charge in [0.2, 0.25) is 0 Å². The molecule has 90 valence electrons. The molecule has 1 atom stereocenters. The first-order valence-corrected chi connectivity index (χ1v) is 10.3. The molecule has 5 heteroatoms. The minimum absolute atomic E-state index is 0.530. The minimum atomic E-state index is -0.899. The van der Waals surface area contributed by atoms with E-state index >= 15 is 0 Å². The van der Waals surface area contributed by atoms with Crippen LogP contribution < -0.4 is 5.73 Å². The predicted molar refractivity (Wildman–Crippen MR) is 70.3 cm³/mol. The van der Waals surface area contributed by atoms with Crippen molar-refractivity contribution < 1.29 is 9.90 Å². The van der Waals surface area contributed by atoms with Gasteiger partial charge >= 0.3 is 5.97 Å². The molecule has 0 aromatic heterocycles. The molecule has 0 aliphatic heterocycles. The first-order valence-electron chi connectivity index (χ1n) is 5.39. The third-order valence-corrected chi connectivity index (χ3v) is 5.11. The Morgan fingerprint density at radius 3 is 2.47 bits per heavy atom. The van der Waals surface area contributed by atoms with Crippen molar-refractivity contribution in [3.05, 3.63) is 0 Å². The third-order valence-electron chi connectivity index (χ3n) is 2.08. The summed E-state index contributed by atoms with van der Waals surface area (Å²) in [6.45, 7) is 7.13. The number of rotatable bonds is 8. The predicted octanol–water partition coefficient (Wildman–Crippen LogP) is 2.25. The molecule has 0 saturated heterocycles. The number of carboxylic acids is 1. The van der Waals surface area contributed by atoms with Gasteiger partial charge in [-0.25, -0.2) is 0 Å². The van der Waals surface area contributed by atoms with E-state index in [1.54, 1.807) is 11.8 Å². The molecule has 0 aliphatic rings. The van der Waals surface area contributed by atoms with Crippen molar-refractivity contribution in [1.82, 2.24) is 0 Å². The zero-order valence-electron chi connectivity index (χ0n) is 9.95. The van der Waals surface area contributed by atoms with Gasteiger partial charge < -0.3 is 10.8 Å². The molecule has 0 heterocycles. The fraction of sp³-hybridized carbons (Fsp3) is 0.900. The van der Waals surface area contributed by atoms with Gasteiger partial charge in [-0.15, -0.1) is 0 Å². The Kier molecular flexibility index (Phi) is 7.30. The molecule has 0 fully saturated rings. The lowest BCUT2D eigenvalue weighted by molar-refractivity contribution is -0.137. The van der Waals surface area contributed by atoms with Crippen LogP contribution in [0.1, 0.15) is 12.8 Å². The number of unbranched alkanes of at least 4 members (excludes halogenated alkanes) is 1. The van der Waals surface area contributed by atoms with Crippen molar-refractivity contribution in [2.24, 2.45) is 5.73 Å². The van der Waals surface area contributed by atoms with Crippen molar-refractivity contribution in [1.29, 1.82) is 0 Å². The largest absolute Gasteiger partial charge is 0.480 e. The molecule has 0 rings (SSSR count). The molecular weight excluding hydrogens is 226 g/mol. The molecule has 0 aromatic carbocycles. The van der Waals surface area contributed by atoms with Crippen LogP contribution in [0.3, 0.4) is 0 Å². The van der Waals surface area contributed by atoms with Gasteiger partial charge in [0.05, 0.1) is 0 Å². The summed E-state index contributed by atoms with van der Waals surface area (Å²) >= 11 is 1.65. The van der Waals surface area contributed by atoms with Gasteiger partial charge in [0.1, 0.15) is 6.04 Å². The highest BCUT2D eigenvalue weighted by Gasteiger charge is 2.12. The molecule has 0 aliphatic carbocycles. The summed E-state index contributed by atoms with van der Waals surface area (Å²) in [5, 5.41) is 8.56. The highest BCUT2D eigenvalue weighted by atomic mass is 32.2. The van der Waals surface area contributed by atoms with Gasteiger partial charge in [0.25, 0.3) is 0 Å². The average molecular weight is 249 g/mol. The van der Waals surface area contributed by atoms with Crippen LogP contribution in [0.5, 0.6) is 0 Å². The summed E-state index contributed by atoms with van der Waals surface area (Å²) in [6, 6.07) is 0.658. The molecule has 0 saturated carbocycles. The Morgan fingerprint density at radius 2 is 2.00 bits per heavy atom. The van der Waals surface area contributed by atoms with E-state index in [0.29, 0.717) is 5.75 Å². The second kappa shape index (κ2) is 7.30. The number of carbonyl (C=O) groups is 1. The Labute approximate surface area is 97.8 Å². The fourth-order valence-electron chi connectivity index (χ4n) is 1.14. The molecule has 0 radical (unpaired) electrons. The summed E-state index contributed by atoms with van der Waals surface area (Å²) < 4.78 is 0. The van der Waals surface area contributed by atoms with E-state index in [0.717, 1.165) is 5.75 Å². The summed E-state index contributed by atoms with van der Waals surface area (Å²) in [5.74, 6) is 0.665. The van der Waals surface area contributed by atoms with E-state index in [9.17, 15) is 4.79 Å². The lowest BCUT2D eigenvalue weighted by atomic mass is 10.4. The zero-order chi connectivity index (χ0) is 11.9. The number of hydrogen-bond donors (Lipinski definition) is 2. The topological polar surface area (TPSA) is 63.3 Å². The van der Waals surface area contributed by atoms with Gasteiger partial charge in [-0.2, -0.15) is 11.8 Å². The van der Waals surface area contributed by atoms with Crippen LogP contribution in [0.15, 0.2) is 0 Å². The lowest BCUT2D eigenvalue weighted by Gasteiger charge is -2.14. The second-order valence-corrected chi connectivity index (χ2v) is 11.8. The highest BCUT2D eigenvalue weighted by molar-refractivity contribution is 7.99. The molecule has 3 N–H and O–H groups in total. The normalized spacial score (nSPS) is 13.9. The Bertz CT molecular complexity index is 194. The summed E-state index contributed by atoms with van der Waals surface area (Å²) in [6.07, 6.45) is 2.45. The van der Waals surface area contributed by atoms with Gasteiger partial charge in [-0.1, -0.05) is 32.1 Å². The van der Waals surface area contributed by atoms with Crippen molar-refractivity contribution in [2.45, 2.75) is 44.6 Å². The Morgan fingerprint density at radius 1 is 1.40 bits per heavy atom. The van der Waals surface area contributed by atoms with Crippen molar-refractivity contribution in [3.63, 3.8) is 0 Å². The summed E-state index contributed by atoms with van der Waals surface area (Å²) in [7, 11) is -0.885. The standard InChI is InChI=1S/C10H23NO2SSi/c1-15(2,3)7-5-4-6-14-8-9(11)10(12)13/h9H,4-8,11H2,1-3H3,(H,12,13). The minimum Gasteiger partial charge on any atom is -0.480 e. The maximum Gasteiger partial charge on any atom is 0.321 e. The van der Waals surface area contributed by atoms with Crippen LogP contribution in [0.25, 0.3) is 0 Å². The fourth-order valence-corrected chi connectivity index (χ4v) is 3.42. The molecule has 1 unspecified atom stereocenters. The maximum atomic E-state index is 10.4. The van der Waals surface area contributed by atoms with E-state index < -0.39 is 20.1 Å².